The van der Waals surface area contributed by atoms with Gasteiger partial charge >= 0.3 is 24.1 Å². The van der Waals surface area contributed by atoms with Gasteiger partial charge in [0.15, 0.2) is 0 Å². The van der Waals surface area contributed by atoms with Crippen molar-refractivity contribution in [1.29, 1.82) is 0 Å². The highest BCUT2D eigenvalue weighted by atomic mass is 35.5. The summed E-state index contributed by atoms with van der Waals surface area (Å²) in [4.78, 5) is 120. The number of halogens is 5. The van der Waals surface area contributed by atoms with E-state index in [1.54, 1.807) is 99.8 Å². The van der Waals surface area contributed by atoms with E-state index >= 15 is 0 Å². The molecule has 32 nitrogen and oxygen atoms in total. The Balaban J connectivity index is 0.000000139. The molecule has 0 bridgehead atoms. The number of anilines is 8. The summed E-state index contributed by atoms with van der Waals surface area (Å²) in [5.41, 5.74) is 5.71. The van der Waals surface area contributed by atoms with E-state index in [0.717, 1.165) is 59.2 Å². The summed E-state index contributed by atoms with van der Waals surface area (Å²) in [5.74, 6) is 2.90. The molecule has 8 amide bonds. The van der Waals surface area contributed by atoms with Crippen LogP contribution in [0.5, 0.6) is 0 Å². The molecule has 0 radical (unpaired) electrons. The molecule has 8 aromatic heterocycles. The van der Waals surface area contributed by atoms with Crippen molar-refractivity contribution in [2.24, 2.45) is 23.7 Å². The first-order valence-corrected chi connectivity index (χ1v) is 45.2. The van der Waals surface area contributed by atoms with Gasteiger partial charge in [-0.2, -0.15) is 19.9 Å². The number of carbonyl (C=O) groups is 4. The lowest BCUT2D eigenvalue weighted by atomic mass is 9.92. The van der Waals surface area contributed by atoms with Crippen LogP contribution < -0.4 is 40.9 Å². The molecule has 11 aromatic rings. The molecule has 3 aromatic carbocycles. The highest BCUT2D eigenvalue weighted by Gasteiger charge is 2.48. The number of amides is 8. The maximum absolute atomic E-state index is 13.5. The second-order valence-corrected chi connectivity index (χ2v) is 37.0. The normalized spacial score (nSPS) is 19.0. The molecule has 0 unspecified atom stereocenters. The summed E-state index contributed by atoms with van der Waals surface area (Å²) >= 11 is 18.0. The fraction of sp³-hybridized carbons (Fsp3) is 0.457. The van der Waals surface area contributed by atoms with Crippen LogP contribution in [0.1, 0.15) is 182 Å². The van der Waals surface area contributed by atoms with Crippen molar-refractivity contribution in [1.82, 2.24) is 97.7 Å². The van der Waals surface area contributed by atoms with Crippen molar-refractivity contribution in [2.45, 2.75) is 201 Å². The lowest BCUT2D eigenvalue weighted by Gasteiger charge is -2.28. The fourth-order valence-electron chi connectivity index (χ4n) is 16.4. The monoisotopic (exact) mass is 1820 g/mol. The van der Waals surface area contributed by atoms with Gasteiger partial charge in [-0.1, -0.05) is 90.2 Å². The van der Waals surface area contributed by atoms with Crippen LogP contribution in [-0.2, 0) is 5.54 Å². The van der Waals surface area contributed by atoms with Crippen LogP contribution in [0.25, 0.3) is 17.1 Å². The molecule has 37 heteroatoms. The van der Waals surface area contributed by atoms with Crippen LogP contribution in [0, 0.1) is 23.7 Å². The Hall–Kier alpha value is -12.2. The number of carbonyl (C=O) groups excluding carboxylic acids is 4. The van der Waals surface area contributed by atoms with Gasteiger partial charge in [0, 0.05) is 153 Å². The third kappa shape index (κ3) is 21.9. The lowest BCUT2D eigenvalue weighted by molar-refractivity contribution is -0.0439. The zero-order valence-corrected chi connectivity index (χ0v) is 78.0. The largest absolute Gasteiger partial charge is 0.346 e. The summed E-state index contributed by atoms with van der Waals surface area (Å²) < 4.78 is 34.7. The molecule has 4 saturated heterocycles. The van der Waals surface area contributed by atoms with Crippen LogP contribution in [0.15, 0.2) is 172 Å². The minimum absolute atomic E-state index is 0.00870. The van der Waals surface area contributed by atoms with Crippen molar-refractivity contribution in [2.75, 3.05) is 87.7 Å². The van der Waals surface area contributed by atoms with E-state index in [0.29, 0.717) is 125 Å². The minimum atomic E-state index is -2.54. The molecule has 6 aliphatic rings. The van der Waals surface area contributed by atoms with Crippen molar-refractivity contribution in [3.63, 3.8) is 0 Å². The van der Waals surface area contributed by atoms with Crippen LogP contribution in [0.3, 0.4) is 0 Å². The summed E-state index contributed by atoms with van der Waals surface area (Å²) in [6.07, 6.45) is 24.5. The number of hydrogen-bond donors (Lipinski definition) is 4. The molecule has 0 spiro atoms. The van der Waals surface area contributed by atoms with E-state index in [9.17, 15) is 28.0 Å². The highest BCUT2D eigenvalue weighted by Crippen LogP contribution is 2.41. The van der Waals surface area contributed by atoms with Gasteiger partial charge in [-0.3, -0.25) is 19.6 Å². The number of imidazole rings is 4. The van der Waals surface area contributed by atoms with E-state index in [1.807, 2.05) is 185 Å². The molecule has 12 heterocycles. The van der Waals surface area contributed by atoms with Gasteiger partial charge in [0.05, 0.1) is 95.9 Å². The Kier molecular flexibility index (Phi) is 28.7. The standard InChI is InChI=1S/C24H28ClN7O.2C23H28ClN7O.C22H31F2N7O/c1-15(2)21-13-31(19-8-9-19)24(33)32(21)22-10-11-26-23(29-22)28-16(3)20-12-30(14-27-20)18-6-4-17(25)5-7-18;1-15(2)18-12-29(5)22(32)31(18)20-10-11-25-21(27-20)28-23(3,4)19-13-30(14-26-19)17-8-6-16(24)7-9-17;1-5-29-13-20(15(2)3)31(23(29)32)21-10-11-25-22(28-21)27-16(4)19-12-30(14-26-19)18-8-6-17(24)7-9-18;1-14(2)18-12-29(4)21(32)31(18)19-7-10-25-20(28-19)27-15(3)17-11-30(13-26-17)16-5-8-22(23,24)9-6-16/h4-7,10-12,14-16,19,21H,8-9,13H2,1-3H3,(H,26,28,29);6-11,13-15,18H,12H2,1-5H3,(H,25,27,28);6-12,14-16,20H,5,13H2,1-4H3,(H,25,27,28);7,10-11,13-16,18H,5-6,8-9,12H2,1-4H3,(H,25,27,28)/t16-,21+;18-;16-,20+;15-,18+/m0100/s1. The molecule has 2 aliphatic carbocycles. The second-order valence-electron chi connectivity index (χ2n) is 35.7. The first-order valence-electron chi connectivity index (χ1n) is 44.1. The average molecular weight is 1820 g/mol. The molecule has 682 valence electrons. The number of urea groups is 4. The van der Waals surface area contributed by atoms with Gasteiger partial charge in [-0.15, -0.1) is 0 Å². The smallest absolute Gasteiger partial charge is 0.326 e. The van der Waals surface area contributed by atoms with E-state index in [-0.39, 0.29) is 91.2 Å². The second kappa shape index (κ2) is 39.8. The van der Waals surface area contributed by atoms with E-state index in [2.05, 4.69) is 131 Å². The molecule has 2 saturated carbocycles. The molecule has 17 rings (SSSR count). The van der Waals surface area contributed by atoms with Crippen LogP contribution >= 0.6 is 34.8 Å². The van der Waals surface area contributed by atoms with Gasteiger partial charge in [0.25, 0.3) is 0 Å². The number of benzene rings is 3. The summed E-state index contributed by atoms with van der Waals surface area (Å²) in [7, 11) is 3.61. The number of nitrogens with one attached hydrogen (secondary N) is 4. The molecule has 129 heavy (non-hydrogen) atoms. The van der Waals surface area contributed by atoms with E-state index < -0.39 is 11.5 Å². The van der Waals surface area contributed by atoms with Gasteiger partial charge in [-0.05, 0) is 188 Å². The number of alkyl halides is 2. The topological polar surface area (TPSA) is 317 Å². The van der Waals surface area contributed by atoms with Crippen molar-refractivity contribution in [3.8, 4) is 17.1 Å². The Bertz CT molecular complexity index is 5660. The number of rotatable bonds is 26. The number of nitrogens with zero attached hydrogens (tertiary/aromatic N) is 24. The minimum Gasteiger partial charge on any atom is -0.346 e. The lowest BCUT2D eigenvalue weighted by Crippen LogP contribution is -2.38. The number of likely N-dealkylation sites (N-methyl/N-ethyl adjacent to an activating group) is 3. The molecule has 4 N–H and O–H groups in total. The summed E-state index contributed by atoms with van der Waals surface area (Å²) in [5, 5.41) is 15.3. The Morgan fingerprint density at radius 2 is 0.760 bits per heavy atom. The molecule has 4 aliphatic heterocycles. The molecule has 7 atom stereocenters. The SMILES string of the molecule is CC(C)[C@H]1CN(C)C(=O)N1c1ccnc(NC(C)(C)c2cn(-c3ccc(Cl)cc3)cn2)n1.CC(C)[C@H]1CN(C)C(=O)N1c1ccnc(N[C@@H](C)c2cn(C3CCC(F)(F)CC3)cn2)n1.CC(C)[C@H]1CN(C2CC2)C(=O)N1c1ccnc(N[C@@H](C)c2cn(-c3ccc(Cl)cc3)cn2)n1.CCN1C[C@H](C(C)C)N(c2ccnc(N[C@@H](C)c3cn(-c4ccc(Cl)cc4)cn3)n2)C1=O. The molecule has 6 fully saturated rings. The van der Waals surface area contributed by atoms with Gasteiger partial charge in [-0.25, -0.2) is 67.8 Å². The Morgan fingerprint density at radius 1 is 0.411 bits per heavy atom. The number of aromatic nitrogens is 16. The highest BCUT2D eigenvalue weighted by molar-refractivity contribution is 6.31. The van der Waals surface area contributed by atoms with Crippen molar-refractivity contribution < 1.29 is 28.0 Å². The van der Waals surface area contributed by atoms with Crippen molar-refractivity contribution >= 4 is 106 Å². The summed E-state index contributed by atoms with van der Waals surface area (Å²) in [6, 6.07) is 30.1. The van der Waals surface area contributed by atoms with Gasteiger partial charge in [0.1, 0.15) is 23.3 Å². The summed E-state index contributed by atoms with van der Waals surface area (Å²) in [6.45, 7) is 32.5. The first kappa shape index (κ1) is 93.0. The molecular weight excluding hydrogens is 1710 g/mol. The first-order chi connectivity index (χ1) is 61.6. The van der Waals surface area contributed by atoms with E-state index in [1.165, 1.54) is 0 Å². The molecular formula is C92H115Cl3F2N28O4. The van der Waals surface area contributed by atoms with Crippen molar-refractivity contribution in [3.05, 3.63) is 210 Å². The van der Waals surface area contributed by atoms with Gasteiger partial charge in [0.2, 0.25) is 29.7 Å². The Labute approximate surface area is 766 Å². The average Bonchev–Trinajstić information content (AvgIpc) is 1.34. The number of hydrogen-bond acceptors (Lipinski definition) is 20. The van der Waals surface area contributed by atoms with Crippen LogP contribution in [0.4, 0.5) is 75.0 Å². The Morgan fingerprint density at radius 3 is 1.16 bits per heavy atom. The third-order valence-electron chi connectivity index (χ3n) is 24.4. The van der Waals surface area contributed by atoms with Crippen LogP contribution in [-0.4, -0.2) is 205 Å². The van der Waals surface area contributed by atoms with E-state index in [4.69, 9.17) is 39.8 Å². The fourth-order valence-corrected chi connectivity index (χ4v) is 16.8. The predicted molar refractivity (Wildman–Crippen MR) is 500 cm³/mol. The quantitative estimate of drug-likeness (QED) is 0.0391. The third-order valence-corrected chi connectivity index (χ3v) is 25.1. The van der Waals surface area contributed by atoms with Gasteiger partial charge < -0.3 is 59.1 Å². The zero-order valence-electron chi connectivity index (χ0n) is 75.7. The van der Waals surface area contributed by atoms with Crippen LogP contribution in [0.2, 0.25) is 15.1 Å². The zero-order chi connectivity index (χ0) is 92.0. The predicted octanol–water partition coefficient (Wildman–Crippen LogP) is 18.7. The maximum atomic E-state index is 13.5. The maximum Gasteiger partial charge on any atom is 0.326 e.